The maximum Gasteiger partial charge on any atom is 0.227 e. The van der Waals surface area contributed by atoms with Crippen LogP contribution in [-0.4, -0.2) is 42.4 Å². The normalized spacial score (nSPS) is 16.2. The monoisotopic (exact) mass is 264 g/mol. The van der Waals surface area contributed by atoms with Crippen LogP contribution < -0.4 is 10.2 Å². The first-order valence-electron chi connectivity index (χ1n) is 6.53. The molecule has 0 saturated heterocycles. The zero-order valence-electron chi connectivity index (χ0n) is 11.1. The second-order valence-electron chi connectivity index (χ2n) is 4.83. The van der Waals surface area contributed by atoms with Gasteiger partial charge in [0.1, 0.15) is 0 Å². The molecule has 0 spiro atoms. The molecular formula is C14H20N2O3. The van der Waals surface area contributed by atoms with Crippen molar-refractivity contribution in [1.82, 2.24) is 0 Å². The van der Waals surface area contributed by atoms with Gasteiger partial charge in [0.05, 0.1) is 12.6 Å². The standard InChI is InChI=1S/C14H20N2O3/c1-16-13-4-3-11(15-12(9-18)6-7-17)8-10(13)2-5-14(16)19/h3-4,8,12,15,17-18H,2,5-7,9H2,1H3. The molecule has 0 aliphatic carbocycles. The lowest BCUT2D eigenvalue weighted by atomic mass is 10.0. The molecule has 1 amide bonds. The van der Waals surface area contributed by atoms with Crippen molar-refractivity contribution in [2.45, 2.75) is 25.3 Å². The second-order valence-corrected chi connectivity index (χ2v) is 4.83. The Morgan fingerprint density at radius 2 is 2.16 bits per heavy atom. The van der Waals surface area contributed by atoms with E-state index in [0.717, 1.165) is 23.4 Å². The Bertz CT molecular complexity index is 462. The number of hydrogen-bond acceptors (Lipinski definition) is 4. The fourth-order valence-corrected chi connectivity index (χ4v) is 2.35. The van der Waals surface area contributed by atoms with Gasteiger partial charge in [-0.1, -0.05) is 0 Å². The van der Waals surface area contributed by atoms with Crippen LogP contribution in [0.25, 0.3) is 0 Å². The van der Waals surface area contributed by atoms with Crippen molar-refractivity contribution in [2.75, 3.05) is 30.5 Å². The molecule has 1 aliphatic heterocycles. The molecule has 104 valence electrons. The van der Waals surface area contributed by atoms with E-state index in [0.29, 0.717) is 12.8 Å². The number of benzene rings is 1. The van der Waals surface area contributed by atoms with Crippen LogP contribution >= 0.6 is 0 Å². The van der Waals surface area contributed by atoms with Crippen LogP contribution in [0.3, 0.4) is 0 Å². The number of aliphatic hydroxyl groups excluding tert-OH is 2. The lowest BCUT2D eigenvalue weighted by Gasteiger charge is -2.27. The van der Waals surface area contributed by atoms with Gasteiger partial charge >= 0.3 is 0 Å². The molecule has 1 heterocycles. The van der Waals surface area contributed by atoms with Crippen LogP contribution in [0.1, 0.15) is 18.4 Å². The van der Waals surface area contributed by atoms with E-state index in [9.17, 15) is 9.90 Å². The Morgan fingerprint density at radius 3 is 2.84 bits per heavy atom. The molecule has 19 heavy (non-hydrogen) atoms. The summed E-state index contributed by atoms with van der Waals surface area (Å²) in [7, 11) is 1.79. The summed E-state index contributed by atoms with van der Waals surface area (Å²) >= 11 is 0. The SMILES string of the molecule is CN1C(=O)CCc2cc(NC(CO)CCO)ccc21. The first-order valence-corrected chi connectivity index (χ1v) is 6.53. The molecule has 0 bridgehead atoms. The summed E-state index contributed by atoms with van der Waals surface area (Å²) in [5.74, 6) is 0.140. The summed E-state index contributed by atoms with van der Waals surface area (Å²) < 4.78 is 0. The molecule has 0 aromatic heterocycles. The van der Waals surface area contributed by atoms with Gasteiger partial charge < -0.3 is 20.4 Å². The van der Waals surface area contributed by atoms with Crippen molar-refractivity contribution in [3.8, 4) is 0 Å². The van der Waals surface area contributed by atoms with Gasteiger partial charge in [-0.25, -0.2) is 0 Å². The van der Waals surface area contributed by atoms with Crippen LogP contribution in [0.5, 0.6) is 0 Å². The summed E-state index contributed by atoms with van der Waals surface area (Å²) in [6.45, 7) is 0.0242. The van der Waals surface area contributed by atoms with E-state index >= 15 is 0 Å². The summed E-state index contributed by atoms with van der Waals surface area (Å²) in [5, 5.41) is 21.3. The van der Waals surface area contributed by atoms with Crippen molar-refractivity contribution in [3.05, 3.63) is 23.8 Å². The van der Waals surface area contributed by atoms with Crippen LogP contribution in [0.15, 0.2) is 18.2 Å². The van der Waals surface area contributed by atoms with Crippen molar-refractivity contribution in [2.24, 2.45) is 0 Å². The smallest absolute Gasteiger partial charge is 0.227 e. The average Bonchev–Trinajstić information content (AvgIpc) is 2.42. The maximum absolute atomic E-state index is 11.6. The third-order valence-electron chi connectivity index (χ3n) is 3.49. The first-order chi connectivity index (χ1) is 9.15. The number of aliphatic hydroxyl groups is 2. The highest BCUT2D eigenvalue weighted by molar-refractivity contribution is 5.96. The number of hydrogen-bond donors (Lipinski definition) is 3. The molecule has 1 aromatic carbocycles. The van der Waals surface area contributed by atoms with E-state index in [1.807, 2.05) is 18.2 Å². The van der Waals surface area contributed by atoms with Crippen molar-refractivity contribution in [3.63, 3.8) is 0 Å². The molecular weight excluding hydrogens is 244 g/mol. The van der Waals surface area contributed by atoms with Crippen molar-refractivity contribution in [1.29, 1.82) is 0 Å². The Labute approximate surface area is 112 Å². The number of carbonyl (C=O) groups is 1. The zero-order valence-corrected chi connectivity index (χ0v) is 11.1. The number of fused-ring (bicyclic) bond motifs is 1. The van der Waals surface area contributed by atoms with Crippen molar-refractivity contribution >= 4 is 17.3 Å². The summed E-state index contributed by atoms with van der Waals surface area (Å²) in [5.41, 5.74) is 2.99. The number of rotatable bonds is 5. The maximum atomic E-state index is 11.6. The number of nitrogens with zero attached hydrogens (tertiary/aromatic N) is 1. The predicted molar refractivity (Wildman–Crippen MR) is 74.4 cm³/mol. The minimum atomic E-state index is -0.147. The number of anilines is 2. The fraction of sp³-hybridized carbons (Fsp3) is 0.500. The van der Waals surface area contributed by atoms with Crippen LogP contribution in [0.2, 0.25) is 0 Å². The minimum absolute atomic E-state index is 0.0178. The highest BCUT2D eigenvalue weighted by atomic mass is 16.3. The Balaban J connectivity index is 2.15. The van der Waals surface area contributed by atoms with Gasteiger partial charge in [0.15, 0.2) is 0 Å². The molecule has 2 rings (SSSR count). The number of aryl methyl sites for hydroxylation is 1. The number of carbonyl (C=O) groups excluding carboxylic acids is 1. The summed E-state index contributed by atoms with van der Waals surface area (Å²) in [4.78, 5) is 13.3. The molecule has 1 unspecified atom stereocenters. The Morgan fingerprint density at radius 1 is 1.37 bits per heavy atom. The van der Waals surface area contributed by atoms with E-state index < -0.39 is 0 Å². The van der Waals surface area contributed by atoms with Crippen LogP contribution in [0.4, 0.5) is 11.4 Å². The van der Waals surface area contributed by atoms with Gasteiger partial charge in [-0.3, -0.25) is 4.79 Å². The molecule has 1 atom stereocenters. The van der Waals surface area contributed by atoms with E-state index in [4.69, 9.17) is 5.11 Å². The molecule has 1 aromatic rings. The Hall–Kier alpha value is -1.59. The van der Waals surface area contributed by atoms with Gasteiger partial charge in [-0.2, -0.15) is 0 Å². The van der Waals surface area contributed by atoms with Gasteiger partial charge in [0.2, 0.25) is 5.91 Å². The fourth-order valence-electron chi connectivity index (χ4n) is 2.35. The Kier molecular flexibility index (Phi) is 4.39. The highest BCUT2D eigenvalue weighted by Crippen LogP contribution is 2.29. The first kappa shape index (κ1) is 13.8. The average molecular weight is 264 g/mol. The van der Waals surface area contributed by atoms with E-state index in [1.165, 1.54) is 0 Å². The van der Waals surface area contributed by atoms with Gasteiger partial charge in [0.25, 0.3) is 0 Å². The molecule has 5 nitrogen and oxygen atoms in total. The third kappa shape index (κ3) is 3.05. The molecule has 1 aliphatic rings. The summed E-state index contributed by atoms with van der Waals surface area (Å²) in [6.07, 6.45) is 1.79. The van der Waals surface area contributed by atoms with Gasteiger partial charge in [-0.05, 0) is 36.6 Å². The lowest BCUT2D eigenvalue weighted by Crippen LogP contribution is -2.31. The third-order valence-corrected chi connectivity index (χ3v) is 3.49. The summed E-state index contributed by atoms with van der Waals surface area (Å²) in [6, 6.07) is 5.68. The highest BCUT2D eigenvalue weighted by Gasteiger charge is 2.21. The zero-order chi connectivity index (χ0) is 13.8. The van der Waals surface area contributed by atoms with E-state index in [-0.39, 0.29) is 25.2 Å². The quantitative estimate of drug-likeness (QED) is 0.734. The topological polar surface area (TPSA) is 72.8 Å². The van der Waals surface area contributed by atoms with Crippen LogP contribution in [-0.2, 0) is 11.2 Å². The van der Waals surface area contributed by atoms with E-state index in [1.54, 1.807) is 11.9 Å². The predicted octanol–water partition coefficient (Wildman–Crippen LogP) is 0.751. The van der Waals surface area contributed by atoms with Crippen LogP contribution in [0, 0.1) is 0 Å². The molecule has 0 radical (unpaired) electrons. The number of amides is 1. The minimum Gasteiger partial charge on any atom is -0.396 e. The van der Waals surface area contributed by atoms with Gasteiger partial charge in [0, 0.05) is 31.5 Å². The molecule has 0 saturated carbocycles. The van der Waals surface area contributed by atoms with Gasteiger partial charge in [-0.15, -0.1) is 0 Å². The van der Waals surface area contributed by atoms with E-state index in [2.05, 4.69) is 5.32 Å². The second kappa shape index (κ2) is 6.04. The number of nitrogens with one attached hydrogen (secondary N) is 1. The molecule has 3 N–H and O–H groups in total. The van der Waals surface area contributed by atoms with Crippen molar-refractivity contribution < 1.29 is 15.0 Å². The largest absolute Gasteiger partial charge is 0.396 e. The molecule has 5 heteroatoms. The lowest BCUT2D eigenvalue weighted by molar-refractivity contribution is -0.118. The molecule has 0 fully saturated rings.